The van der Waals surface area contributed by atoms with Crippen LogP contribution in [0.1, 0.15) is 11.1 Å². The van der Waals surface area contributed by atoms with Crippen molar-refractivity contribution in [2.24, 2.45) is 0 Å². The van der Waals surface area contributed by atoms with Gasteiger partial charge in [0, 0.05) is 6.42 Å². The first-order chi connectivity index (χ1) is 13.9. The van der Waals surface area contributed by atoms with E-state index in [2.05, 4.69) is 10.3 Å². The van der Waals surface area contributed by atoms with E-state index in [1.54, 1.807) is 48.5 Å². The molecule has 150 valence electrons. The molecule has 0 bridgehead atoms. The van der Waals surface area contributed by atoms with E-state index in [-0.39, 0.29) is 13.0 Å². The third-order valence-corrected chi connectivity index (χ3v) is 4.24. The third-order valence-electron chi connectivity index (χ3n) is 4.24. The molecule has 0 unspecified atom stereocenters. The molecule has 4 N–H and O–H groups in total. The summed E-state index contributed by atoms with van der Waals surface area (Å²) in [5.41, 5.74) is 0.722. The van der Waals surface area contributed by atoms with Crippen molar-refractivity contribution in [3.63, 3.8) is 0 Å². The second kappa shape index (κ2) is 8.79. The summed E-state index contributed by atoms with van der Waals surface area (Å²) in [5, 5.41) is 22.6. The van der Waals surface area contributed by atoms with E-state index < -0.39 is 29.6 Å². The number of hydrogen-bond donors (Lipinski definition) is 4. The second-order valence-electron chi connectivity index (χ2n) is 6.36. The highest BCUT2D eigenvalue weighted by Crippen LogP contribution is 2.08. The molecule has 0 saturated heterocycles. The Morgan fingerprint density at radius 1 is 1.03 bits per heavy atom. The lowest BCUT2D eigenvalue weighted by atomic mass is 10.1. The van der Waals surface area contributed by atoms with Crippen molar-refractivity contribution >= 4 is 12.0 Å². The van der Waals surface area contributed by atoms with Gasteiger partial charge in [-0.15, -0.1) is 0 Å². The van der Waals surface area contributed by atoms with Gasteiger partial charge in [0.25, 0.3) is 0 Å². The van der Waals surface area contributed by atoms with Crippen molar-refractivity contribution < 1.29 is 19.8 Å². The minimum absolute atomic E-state index is 0.0124. The molecule has 3 rings (SSSR count). The first-order valence-corrected chi connectivity index (χ1v) is 8.83. The van der Waals surface area contributed by atoms with Crippen LogP contribution >= 0.6 is 0 Å². The Morgan fingerprint density at radius 3 is 2.14 bits per heavy atom. The number of carboxylic acid groups (broad SMARTS) is 1. The van der Waals surface area contributed by atoms with Gasteiger partial charge in [-0.3, -0.25) is 4.98 Å². The zero-order valence-electron chi connectivity index (χ0n) is 15.4. The van der Waals surface area contributed by atoms with E-state index in [4.69, 9.17) is 0 Å². The van der Waals surface area contributed by atoms with Crippen LogP contribution in [-0.4, -0.2) is 37.9 Å². The van der Waals surface area contributed by atoms with Gasteiger partial charge in [-0.2, -0.15) is 0 Å². The largest absolute Gasteiger partial charge is 0.493 e. The van der Waals surface area contributed by atoms with Crippen LogP contribution < -0.4 is 16.0 Å². The molecule has 1 aromatic heterocycles. The van der Waals surface area contributed by atoms with Gasteiger partial charge in [0.05, 0.1) is 12.7 Å². The summed E-state index contributed by atoms with van der Waals surface area (Å²) in [6.07, 6.45) is 1.13. The highest BCUT2D eigenvalue weighted by atomic mass is 16.4. The van der Waals surface area contributed by atoms with Gasteiger partial charge in [-0.25, -0.2) is 24.1 Å². The van der Waals surface area contributed by atoms with E-state index in [0.29, 0.717) is 5.56 Å². The van der Waals surface area contributed by atoms with E-state index in [1.165, 1.54) is 0 Å². The molecule has 2 aromatic carbocycles. The molecule has 1 atom stereocenters. The summed E-state index contributed by atoms with van der Waals surface area (Å²) in [5.74, 6) is -1.62. The summed E-state index contributed by atoms with van der Waals surface area (Å²) in [7, 11) is 0. The average Bonchev–Trinajstić information content (AvgIpc) is 3.04. The Labute approximate surface area is 165 Å². The topological polar surface area (TPSA) is 128 Å². The number of carboxylic acids is 1. The molecule has 0 aliphatic rings. The lowest BCUT2D eigenvalue weighted by molar-refractivity contribution is -0.139. The van der Waals surface area contributed by atoms with Crippen LogP contribution in [0.3, 0.4) is 0 Å². The summed E-state index contributed by atoms with van der Waals surface area (Å²) in [4.78, 5) is 38.9. The monoisotopic (exact) mass is 396 g/mol. The number of nitrogens with zero attached hydrogens (tertiary/aromatic N) is 2. The van der Waals surface area contributed by atoms with Crippen molar-refractivity contribution in [3.8, 4) is 5.88 Å². The smallest absolute Gasteiger partial charge is 0.347 e. The van der Waals surface area contributed by atoms with Crippen LogP contribution in [-0.2, 0) is 17.8 Å². The number of benzene rings is 2. The maximum absolute atomic E-state index is 12.9. The molecule has 0 aliphatic heterocycles. The number of aromatic amines is 1. The van der Waals surface area contributed by atoms with Gasteiger partial charge < -0.3 is 15.5 Å². The minimum Gasteiger partial charge on any atom is -0.493 e. The van der Waals surface area contributed by atoms with Gasteiger partial charge >= 0.3 is 17.7 Å². The van der Waals surface area contributed by atoms with Crippen LogP contribution in [0.5, 0.6) is 5.88 Å². The Bertz CT molecular complexity index is 1030. The van der Waals surface area contributed by atoms with E-state index in [1.807, 2.05) is 12.1 Å². The maximum Gasteiger partial charge on any atom is 0.347 e. The van der Waals surface area contributed by atoms with Crippen LogP contribution in [0.4, 0.5) is 4.79 Å². The predicted molar refractivity (Wildman–Crippen MR) is 105 cm³/mol. The van der Waals surface area contributed by atoms with Gasteiger partial charge in [-0.1, -0.05) is 60.7 Å². The molecule has 0 spiro atoms. The summed E-state index contributed by atoms with van der Waals surface area (Å²) < 4.78 is 0.902. The van der Waals surface area contributed by atoms with Gasteiger partial charge in [0.1, 0.15) is 6.04 Å². The number of hydrogen-bond acceptors (Lipinski definition) is 4. The molecule has 29 heavy (non-hydrogen) atoms. The van der Waals surface area contributed by atoms with Crippen LogP contribution in [0.25, 0.3) is 0 Å². The molecule has 2 amide bonds. The fourth-order valence-electron chi connectivity index (χ4n) is 2.83. The quantitative estimate of drug-likeness (QED) is 0.480. The number of carbonyl (C=O) groups excluding carboxylic acids is 1. The Morgan fingerprint density at radius 2 is 1.62 bits per heavy atom. The molecule has 0 aliphatic carbocycles. The predicted octanol–water partition coefficient (Wildman–Crippen LogP) is 1.43. The van der Waals surface area contributed by atoms with Crippen molar-refractivity contribution in [2.45, 2.75) is 19.0 Å². The number of nitrogens with one attached hydrogen (secondary N) is 2. The number of imidazole rings is 1. The molecule has 0 radical (unpaired) electrons. The molecular weight excluding hydrogens is 376 g/mol. The zero-order chi connectivity index (χ0) is 20.8. The van der Waals surface area contributed by atoms with Gasteiger partial charge in [0.2, 0.25) is 5.88 Å². The van der Waals surface area contributed by atoms with Gasteiger partial charge in [-0.05, 0) is 11.1 Å². The number of carbonyl (C=O) groups is 2. The standard InChI is InChI=1S/C20H20N4O5/c25-17-13-24(20(29)22-17)23(12-15-9-5-2-6-10-15)19(28)21-16(18(26)27)11-14-7-3-1-4-8-14/h1-10,13,16,25H,11-12H2,(H,21,28)(H,22,29)(H,26,27)/t16-/m0/s1. The Hall–Kier alpha value is -4.01. The highest BCUT2D eigenvalue weighted by molar-refractivity contribution is 5.88. The van der Waals surface area contributed by atoms with Crippen molar-refractivity contribution in [1.82, 2.24) is 15.0 Å². The first-order valence-electron chi connectivity index (χ1n) is 8.83. The number of rotatable bonds is 7. The number of aliphatic carboxylic acids is 1. The normalized spacial score (nSPS) is 11.6. The zero-order valence-corrected chi connectivity index (χ0v) is 15.4. The van der Waals surface area contributed by atoms with E-state index >= 15 is 0 Å². The van der Waals surface area contributed by atoms with Crippen molar-refractivity contribution in [2.75, 3.05) is 5.01 Å². The lowest BCUT2D eigenvalue weighted by Gasteiger charge is -2.25. The summed E-state index contributed by atoms with van der Waals surface area (Å²) >= 11 is 0. The molecule has 0 saturated carbocycles. The third kappa shape index (κ3) is 5.04. The average molecular weight is 396 g/mol. The number of urea groups is 1. The number of amides is 2. The highest BCUT2D eigenvalue weighted by Gasteiger charge is 2.26. The Kier molecular flexibility index (Phi) is 5.98. The fourth-order valence-corrected chi connectivity index (χ4v) is 2.83. The molecule has 0 fully saturated rings. The molecule has 9 nitrogen and oxygen atoms in total. The fraction of sp³-hybridized carbons (Fsp3) is 0.150. The van der Waals surface area contributed by atoms with E-state index in [0.717, 1.165) is 21.4 Å². The van der Waals surface area contributed by atoms with Gasteiger partial charge in [0.15, 0.2) is 0 Å². The van der Waals surface area contributed by atoms with Crippen molar-refractivity contribution in [3.05, 3.63) is 88.5 Å². The summed E-state index contributed by atoms with van der Waals surface area (Å²) in [6.45, 7) is -0.0124. The number of aromatic nitrogens is 2. The first kappa shape index (κ1) is 19.7. The van der Waals surface area contributed by atoms with Crippen molar-refractivity contribution in [1.29, 1.82) is 0 Å². The number of aromatic hydroxyl groups is 1. The molecular formula is C20H20N4O5. The molecule has 9 heteroatoms. The minimum atomic E-state index is -1.20. The van der Waals surface area contributed by atoms with Crippen LogP contribution in [0.15, 0.2) is 71.7 Å². The second-order valence-corrected chi connectivity index (χ2v) is 6.36. The SMILES string of the molecule is O=C(O)[C@H](Cc1ccccc1)NC(=O)N(Cc1ccccc1)n1cc(O)[nH]c1=O. The number of H-pyrrole nitrogens is 1. The molecule has 1 heterocycles. The van der Waals surface area contributed by atoms with Crippen LogP contribution in [0.2, 0.25) is 0 Å². The van der Waals surface area contributed by atoms with E-state index in [9.17, 15) is 24.6 Å². The Balaban J connectivity index is 1.85. The van der Waals surface area contributed by atoms with Crippen LogP contribution in [0, 0.1) is 0 Å². The summed E-state index contributed by atoms with van der Waals surface area (Å²) in [6, 6.07) is 15.8. The maximum atomic E-state index is 12.9. The lowest BCUT2D eigenvalue weighted by Crippen LogP contribution is -2.54. The molecule has 3 aromatic rings.